The molecule has 5 N–H and O–H groups in total. The monoisotopic (exact) mass is 611 g/mol. The lowest BCUT2D eigenvalue weighted by atomic mass is 9.87. The van der Waals surface area contributed by atoms with Crippen LogP contribution in [-0.2, 0) is 28.8 Å². The van der Waals surface area contributed by atoms with Gasteiger partial charge < -0.3 is 29.9 Å². The molecule has 2 aromatic heterocycles. The summed E-state index contributed by atoms with van der Waals surface area (Å²) in [6.45, 7) is 6.94. The van der Waals surface area contributed by atoms with E-state index >= 15 is 0 Å². The average Bonchev–Trinajstić information content (AvgIpc) is 3.38. The summed E-state index contributed by atoms with van der Waals surface area (Å²) in [5.41, 5.74) is 4.86. The van der Waals surface area contributed by atoms with Crippen LogP contribution in [0.15, 0.2) is 42.7 Å². The molecule has 5 atom stereocenters. The van der Waals surface area contributed by atoms with Gasteiger partial charge in [-0.3, -0.25) is 9.32 Å². The van der Waals surface area contributed by atoms with Crippen LogP contribution in [0.1, 0.15) is 52.0 Å². The van der Waals surface area contributed by atoms with Gasteiger partial charge in [-0.15, -0.1) is 0 Å². The van der Waals surface area contributed by atoms with Crippen LogP contribution in [0.2, 0.25) is 0 Å². The zero-order valence-electron chi connectivity index (χ0n) is 24.5. The molecule has 3 rings (SSSR count). The Kier molecular flexibility index (Phi) is 10.7. The molecule has 0 aliphatic heterocycles. The van der Waals surface area contributed by atoms with Gasteiger partial charge in [-0.2, -0.15) is 10.2 Å². The highest BCUT2D eigenvalue weighted by molar-refractivity contribution is 7.52. The van der Waals surface area contributed by atoms with E-state index in [0.29, 0.717) is 5.52 Å². The summed E-state index contributed by atoms with van der Waals surface area (Å²) >= 11 is 0. The number of hydrogen-bond donors (Lipinski definition) is 4. The van der Waals surface area contributed by atoms with E-state index in [1.807, 2.05) is 20.8 Å². The van der Waals surface area contributed by atoms with Crippen LogP contribution in [0.25, 0.3) is 5.52 Å². The van der Waals surface area contributed by atoms with Crippen molar-refractivity contribution < 1.29 is 42.5 Å². The number of nitrogens with zero attached hydrogens (tertiary/aromatic N) is 3. The molecule has 0 bridgehead atoms. The number of aliphatic hydroxyl groups excluding tert-OH is 2. The fraction of sp³-hybridized carbons (Fsp3) is 0.519. The molecule has 0 radical (unpaired) electrons. The lowest BCUT2D eigenvalue weighted by Crippen LogP contribution is -2.53. The number of rotatable bonds is 14. The first-order chi connectivity index (χ1) is 19.7. The summed E-state index contributed by atoms with van der Waals surface area (Å²) in [5, 5.41) is 28.7. The number of fused-ring (bicyclic) bond motifs is 1. The van der Waals surface area contributed by atoms with Crippen LogP contribution in [0.4, 0.5) is 10.2 Å². The first-order valence-corrected chi connectivity index (χ1v) is 14.8. The number of nitrogen functional groups attached to an aromatic ring is 1. The van der Waals surface area contributed by atoms with Gasteiger partial charge in [-0.25, -0.2) is 18.5 Å². The van der Waals surface area contributed by atoms with Gasteiger partial charge in [0.1, 0.15) is 48.1 Å². The summed E-state index contributed by atoms with van der Waals surface area (Å²) in [6.07, 6.45) is -2.55. The molecule has 0 aliphatic rings. The molecule has 13 nitrogen and oxygen atoms in total. The van der Waals surface area contributed by atoms with Crippen molar-refractivity contribution in [1.29, 1.82) is 0 Å². The van der Waals surface area contributed by atoms with E-state index in [9.17, 15) is 24.0 Å². The maximum absolute atomic E-state index is 14.6. The Hall–Kier alpha value is -3.13. The predicted octanol–water partition coefficient (Wildman–Crippen LogP) is 3.10. The van der Waals surface area contributed by atoms with Gasteiger partial charge in [0, 0.05) is 7.11 Å². The number of methoxy groups -OCH3 is 1. The molecule has 1 aromatic carbocycles. The summed E-state index contributed by atoms with van der Waals surface area (Å²) in [7, 11) is -3.36. The van der Waals surface area contributed by atoms with Crippen LogP contribution in [0.3, 0.4) is 0 Å². The second-order valence-electron chi connectivity index (χ2n) is 10.7. The highest BCUT2D eigenvalue weighted by Gasteiger charge is 2.47. The number of alkyl halides is 1. The standard InChI is InChI=1S/C27H39FN5O8P/c1-7-39-25(36)17(2)32-42(37,41-19-10-8-18(9-11-19)26(3,4)5)40-15-27(14-28,38-6)23(35)22(34)20-12-13-21-24(29)30-16-31-33(20)21/h8-13,16-17,22-23,34-35H,7,14-15H2,1-6H3,(H,32,37)(H2,29,30,31)/t17-,22-,23-,27+,42?/m0/s1. The minimum absolute atomic E-state index is 0.0638. The summed E-state index contributed by atoms with van der Waals surface area (Å²) in [4.78, 5) is 16.2. The van der Waals surface area contributed by atoms with E-state index in [2.05, 4.69) is 15.2 Å². The molecule has 232 valence electrons. The average molecular weight is 612 g/mol. The minimum Gasteiger partial charge on any atom is -0.465 e. The number of carbonyl (C=O) groups is 1. The van der Waals surface area contributed by atoms with Crippen LogP contribution in [-0.4, -0.2) is 75.5 Å². The largest absolute Gasteiger partial charge is 0.465 e. The molecule has 0 saturated heterocycles. The normalized spacial score (nSPS) is 17.2. The van der Waals surface area contributed by atoms with Crippen molar-refractivity contribution in [3.63, 3.8) is 0 Å². The number of benzene rings is 1. The summed E-state index contributed by atoms with van der Waals surface area (Å²) in [5.74, 6) is -0.468. The molecule has 0 fully saturated rings. The molecule has 0 saturated carbocycles. The Bertz CT molecular complexity index is 1390. The highest BCUT2D eigenvalue weighted by Crippen LogP contribution is 2.47. The first-order valence-electron chi connectivity index (χ1n) is 13.2. The molecule has 0 aliphatic carbocycles. The maximum atomic E-state index is 14.6. The van der Waals surface area contributed by atoms with Crippen molar-refractivity contribution in [2.24, 2.45) is 0 Å². The number of nitrogens with one attached hydrogen (secondary N) is 1. The topological polar surface area (TPSA) is 180 Å². The Morgan fingerprint density at radius 2 is 1.86 bits per heavy atom. The Morgan fingerprint density at radius 3 is 2.43 bits per heavy atom. The Morgan fingerprint density at radius 1 is 1.19 bits per heavy atom. The van der Waals surface area contributed by atoms with Gasteiger partial charge in [0.2, 0.25) is 0 Å². The first kappa shape index (κ1) is 33.4. The predicted molar refractivity (Wildman–Crippen MR) is 153 cm³/mol. The van der Waals surface area contributed by atoms with E-state index in [1.54, 1.807) is 31.2 Å². The third-order valence-corrected chi connectivity index (χ3v) is 8.33. The van der Waals surface area contributed by atoms with E-state index in [-0.39, 0.29) is 29.3 Å². The van der Waals surface area contributed by atoms with Crippen molar-refractivity contribution in [1.82, 2.24) is 19.7 Å². The smallest absolute Gasteiger partial charge is 0.459 e. The molecular formula is C27H39FN5O8P. The van der Waals surface area contributed by atoms with E-state index in [4.69, 9.17) is 24.3 Å². The number of ether oxygens (including phenoxy) is 2. The molecule has 2 heterocycles. The minimum atomic E-state index is -4.46. The van der Waals surface area contributed by atoms with Crippen molar-refractivity contribution in [3.05, 3.63) is 54.0 Å². The van der Waals surface area contributed by atoms with Crippen molar-refractivity contribution in [2.45, 2.75) is 63.9 Å². The second-order valence-corrected chi connectivity index (χ2v) is 12.4. The number of esters is 1. The maximum Gasteiger partial charge on any atom is 0.459 e. The van der Waals surface area contributed by atoms with Crippen LogP contribution >= 0.6 is 7.75 Å². The van der Waals surface area contributed by atoms with Gasteiger partial charge in [-0.05, 0) is 49.1 Å². The Balaban J connectivity index is 1.90. The van der Waals surface area contributed by atoms with Gasteiger partial charge >= 0.3 is 13.7 Å². The molecule has 0 amide bonds. The third-order valence-electron chi connectivity index (χ3n) is 6.70. The fourth-order valence-corrected chi connectivity index (χ4v) is 5.63. The van der Waals surface area contributed by atoms with E-state index < -0.39 is 50.8 Å². The zero-order chi connectivity index (χ0) is 31.3. The van der Waals surface area contributed by atoms with Crippen molar-refractivity contribution >= 4 is 25.1 Å². The molecule has 0 spiro atoms. The Labute approximate surface area is 243 Å². The van der Waals surface area contributed by atoms with Crippen LogP contribution < -0.4 is 15.3 Å². The van der Waals surface area contributed by atoms with Crippen molar-refractivity contribution in [3.8, 4) is 5.75 Å². The SMILES string of the molecule is CCOC(=O)[C@H](C)NP(=O)(OC[C@@](CF)(OC)[C@@H](O)[C@@H](O)c1ccc2c(N)ncnn12)Oc1ccc(C(C)(C)C)cc1. The van der Waals surface area contributed by atoms with Crippen molar-refractivity contribution in [2.75, 3.05) is 32.7 Å². The number of aromatic nitrogens is 3. The number of halogens is 1. The van der Waals surface area contributed by atoms with Gasteiger partial charge in [0.25, 0.3) is 0 Å². The molecule has 15 heteroatoms. The highest BCUT2D eigenvalue weighted by atomic mass is 31.2. The third kappa shape index (κ3) is 7.44. The van der Waals surface area contributed by atoms with Crippen LogP contribution in [0.5, 0.6) is 5.75 Å². The molecule has 42 heavy (non-hydrogen) atoms. The van der Waals surface area contributed by atoms with Crippen LogP contribution in [0, 0.1) is 0 Å². The number of anilines is 1. The molecule has 1 unspecified atom stereocenters. The zero-order valence-corrected chi connectivity index (χ0v) is 25.4. The number of hydrogen-bond acceptors (Lipinski definition) is 11. The fourth-order valence-electron chi connectivity index (χ4n) is 4.08. The number of nitrogens with two attached hydrogens (primary N) is 1. The number of aliphatic hydroxyl groups is 2. The van der Waals surface area contributed by atoms with Gasteiger partial charge in [0.05, 0.1) is 18.9 Å². The lowest BCUT2D eigenvalue weighted by Gasteiger charge is -2.37. The van der Waals surface area contributed by atoms with E-state index in [1.165, 1.54) is 23.6 Å². The molecular weight excluding hydrogens is 572 g/mol. The second kappa shape index (κ2) is 13.4. The summed E-state index contributed by atoms with van der Waals surface area (Å²) in [6, 6.07) is 8.54. The van der Waals surface area contributed by atoms with Gasteiger partial charge in [0.15, 0.2) is 5.82 Å². The van der Waals surface area contributed by atoms with E-state index in [0.717, 1.165) is 19.0 Å². The number of carbonyl (C=O) groups excluding carboxylic acids is 1. The summed E-state index contributed by atoms with van der Waals surface area (Å²) < 4.78 is 51.5. The molecule has 3 aromatic rings. The van der Waals surface area contributed by atoms with Gasteiger partial charge in [-0.1, -0.05) is 32.9 Å². The lowest BCUT2D eigenvalue weighted by molar-refractivity contribution is -0.170. The quantitative estimate of drug-likeness (QED) is 0.155.